The Morgan fingerprint density at radius 3 is 1.28 bits per heavy atom. The molecular weight excluding hydrogens is 232 g/mol. The van der Waals surface area contributed by atoms with Crippen molar-refractivity contribution in [2.24, 2.45) is 0 Å². The standard InChI is InChI=1S/C17H38Si/c1-4-6-8-10-11-12-13-15-17-18(3)16-14-9-7-5-2/h18H,4-17H2,1-3H3. The van der Waals surface area contributed by atoms with Gasteiger partial charge in [-0.3, -0.25) is 0 Å². The van der Waals surface area contributed by atoms with Gasteiger partial charge in [0, 0.05) is 8.80 Å². The molecule has 0 saturated heterocycles. The molecule has 0 aliphatic heterocycles. The van der Waals surface area contributed by atoms with Crippen LogP contribution in [0.25, 0.3) is 0 Å². The van der Waals surface area contributed by atoms with E-state index < -0.39 is 0 Å². The lowest BCUT2D eigenvalue weighted by Crippen LogP contribution is -2.05. The van der Waals surface area contributed by atoms with Crippen molar-refractivity contribution in [3.8, 4) is 0 Å². The maximum atomic E-state index is 2.59. The Hall–Kier alpha value is 0.217. The zero-order valence-electron chi connectivity index (χ0n) is 13.5. The van der Waals surface area contributed by atoms with Crippen LogP contribution in [0.3, 0.4) is 0 Å². The summed E-state index contributed by atoms with van der Waals surface area (Å²) in [5.41, 5.74) is 0. The van der Waals surface area contributed by atoms with Gasteiger partial charge in [-0.15, -0.1) is 0 Å². The van der Waals surface area contributed by atoms with Crippen molar-refractivity contribution < 1.29 is 0 Å². The smallest absolute Gasteiger partial charge is 0.0336 e. The van der Waals surface area contributed by atoms with Crippen LogP contribution in [0.2, 0.25) is 18.6 Å². The molecule has 0 bridgehead atoms. The largest absolute Gasteiger partial charge is 0.0720 e. The summed E-state index contributed by atoms with van der Waals surface area (Å²) in [5.74, 6) is 0. The molecule has 0 spiro atoms. The van der Waals surface area contributed by atoms with E-state index in [-0.39, 0.29) is 8.80 Å². The van der Waals surface area contributed by atoms with Crippen molar-refractivity contribution in [1.82, 2.24) is 0 Å². The van der Waals surface area contributed by atoms with Crippen LogP contribution in [-0.2, 0) is 0 Å². The molecule has 0 nitrogen and oxygen atoms in total. The van der Waals surface area contributed by atoms with Gasteiger partial charge in [0.05, 0.1) is 0 Å². The van der Waals surface area contributed by atoms with Crippen LogP contribution in [0.4, 0.5) is 0 Å². The third kappa shape index (κ3) is 14.3. The highest BCUT2D eigenvalue weighted by molar-refractivity contribution is 6.57. The minimum atomic E-state index is -0.315. The highest BCUT2D eigenvalue weighted by atomic mass is 28.3. The lowest BCUT2D eigenvalue weighted by atomic mass is 10.1. The summed E-state index contributed by atoms with van der Waals surface area (Å²) < 4.78 is 0. The Balaban J connectivity index is 3.08. The number of hydrogen-bond donors (Lipinski definition) is 0. The molecule has 18 heavy (non-hydrogen) atoms. The zero-order valence-corrected chi connectivity index (χ0v) is 14.6. The fourth-order valence-corrected chi connectivity index (χ4v) is 4.95. The monoisotopic (exact) mass is 270 g/mol. The van der Waals surface area contributed by atoms with Crippen molar-refractivity contribution in [2.45, 2.75) is 110 Å². The molecule has 0 radical (unpaired) electrons. The fourth-order valence-electron chi connectivity index (χ4n) is 2.69. The van der Waals surface area contributed by atoms with Crippen LogP contribution in [0, 0.1) is 0 Å². The second-order valence-corrected chi connectivity index (χ2v) is 9.58. The van der Waals surface area contributed by atoms with Gasteiger partial charge in [-0.25, -0.2) is 0 Å². The average molecular weight is 271 g/mol. The maximum Gasteiger partial charge on any atom is 0.0336 e. The Morgan fingerprint density at radius 2 is 0.833 bits per heavy atom. The van der Waals surface area contributed by atoms with Crippen LogP contribution >= 0.6 is 0 Å². The van der Waals surface area contributed by atoms with Gasteiger partial charge in [0.1, 0.15) is 0 Å². The number of rotatable bonds is 14. The summed E-state index contributed by atoms with van der Waals surface area (Å²) in [6.45, 7) is 7.20. The van der Waals surface area contributed by atoms with Crippen molar-refractivity contribution in [1.29, 1.82) is 0 Å². The minimum absolute atomic E-state index is 0.315. The molecule has 0 rings (SSSR count). The summed E-state index contributed by atoms with van der Waals surface area (Å²) in [6, 6.07) is 3.22. The Morgan fingerprint density at radius 1 is 0.500 bits per heavy atom. The zero-order chi connectivity index (χ0) is 13.5. The highest BCUT2D eigenvalue weighted by Crippen LogP contribution is 2.14. The first-order chi connectivity index (χ1) is 8.81. The lowest BCUT2D eigenvalue weighted by molar-refractivity contribution is 0.584. The molecule has 0 aromatic heterocycles. The second kappa shape index (κ2) is 15.3. The van der Waals surface area contributed by atoms with E-state index in [0.717, 1.165) is 0 Å². The molecule has 110 valence electrons. The quantitative estimate of drug-likeness (QED) is 0.247. The molecule has 0 saturated carbocycles. The Kier molecular flexibility index (Phi) is 15.5. The van der Waals surface area contributed by atoms with Gasteiger partial charge in [0.25, 0.3) is 0 Å². The predicted octanol–water partition coefficient (Wildman–Crippen LogP) is 6.56. The van der Waals surface area contributed by atoms with Gasteiger partial charge in [-0.2, -0.15) is 0 Å². The lowest BCUT2D eigenvalue weighted by Gasteiger charge is -2.09. The Bertz CT molecular complexity index is 145. The molecule has 1 unspecified atom stereocenters. The van der Waals surface area contributed by atoms with E-state index in [4.69, 9.17) is 0 Å². The summed E-state index contributed by atoms with van der Waals surface area (Å²) in [6.07, 6.45) is 17.7. The van der Waals surface area contributed by atoms with Crippen molar-refractivity contribution in [3.05, 3.63) is 0 Å². The van der Waals surface area contributed by atoms with E-state index in [9.17, 15) is 0 Å². The second-order valence-electron chi connectivity index (χ2n) is 6.22. The summed E-state index contributed by atoms with van der Waals surface area (Å²) in [4.78, 5) is 0. The van der Waals surface area contributed by atoms with Gasteiger partial charge < -0.3 is 0 Å². The maximum absolute atomic E-state index is 2.59. The summed E-state index contributed by atoms with van der Waals surface area (Å²) in [7, 11) is -0.315. The van der Waals surface area contributed by atoms with E-state index in [1.807, 2.05) is 0 Å². The first-order valence-electron chi connectivity index (χ1n) is 8.81. The molecule has 0 fully saturated rings. The van der Waals surface area contributed by atoms with E-state index in [2.05, 4.69) is 20.4 Å². The van der Waals surface area contributed by atoms with Crippen molar-refractivity contribution in [2.75, 3.05) is 0 Å². The fraction of sp³-hybridized carbons (Fsp3) is 1.00. The van der Waals surface area contributed by atoms with Crippen LogP contribution in [0.1, 0.15) is 90.9 Å². The average Bonchev–Trinajstić information content (AvgIpc) is 2.38. The third-order valence-corrected chi connectivity index (χ3v) is 6.89. The van der Waals surface area contributed by atoms with Crippen molar-refractivity contribution >= 4 is 8.80 Å². The molecule has 0 heterocycles. The predicted molar refractivity (Wildman–Crippen MR) is 89.4 cm³/mol. The highest BCUT2D eigenvalue weighted by Gasteiger charge is 2.03. The molecule has 1 heteroatoms. The van der Waals surface area contributed by atoms with Gasteiger partial charge in [-0.05, 0) is 0 Å². The van der Waals surface area contributed by atoms with Crippen molar-refractivity contribution in [3.63, 3.8) is 0 Å². The first kappa shape index (κ1) is 18.2. The number of hydrogen-bond acceptors (Lipinski definition) is 0. The molecule has 0 aliphatic rings. The molecule has 0 aromatic rings. The van der Waals surface area contributed by atoms with E-state index in [1.54, 1.807) is 12.1 Å². The summed E-state index contributed by atoms with van der Waals surface area (Å²) >= 11 is 0. The van der Waals surface area contributed by atoms with Crippen LogP contribution in [0.15, 0.2) is 0 Å². The van der Waals surface area contributed by atoms with Gasteiger partial charge in [0.2, 0.25) is 0 Å². The normalized spacial score (nSPS) is 12.8. The van der Waals surface area contributed by atoms with E-state index >= 15 is 0 Å². The van der Waals surface area contributed by atoms with Crippen LogP contribution in [-0.4, -0.2) is 8.80 Å². The van der Waals surface area contributed by atoms with E-state index in [1.165, 1.54) is 77.0 Å². The van der Waals surface area contributed by atoms with Gasteiger partial charge >= 0.3 is 0 Å². The summed E-state index contributed by atoms with van der Waals surface area (Å²) in [5, 5.41) is 0. The molecule has 0 amide bonds. The van der Waals surface area contributed by atoms with Gasteiger partial charge in [0.15, 0.2) is 0 Å². The molecule has 1 atom stereocenters. The molecular formula is C17H38Si. The molecule has 0 aliphatic carbocycles. The SMILES string of the molecule is CCCCCCCCCC[SiH](C)CCCCCC. The molecule has 0 aromatic carbocycles. The number of unbranched alkanes of at least 4 members (excludes halogenated alkanes) is 10. The topological polar surface area (TPSA) is 0 Å². The van der Waals surface area contributed by atoms with E-state index in [0.29, 0.717) is 0 Å². The Labute approximate surface area is 119 Å². The van der Waals surface area contributed by atoms with Gasteiger partial charge in [-0.1, -0.05) is 110 Å². The first-order valence-corrected chi connectivity index (χ1v) is 11.6. The van der Waals surface area contributed by atoms with Crippen LogP contribution in [0.5, 0.6) is 0 Å². The molecule has 0 N–H and O–H groups in total. The minimum Gasteiger partial charge on any atom is -0.0720 e. The third-order valence-electron chi connectivity index (χ3n) is 4.10. The van der Waals surface area contributed by atoms with Crippen LogP contribution < -0.4 is 0 Å².